The molecule has 2 heterocycles. The number of hydrogen-bond donors (Lipinski definition) is 2. The van der Waals surface area contributed by atoms with Crippen LogP contribution in [0, 0.1) is 0 Å². The summed E-state index contributed by atoms with van der Waals surface area (Å²) in [5.41, 5.74) is 3.34. The Labute approximate surface area is 124 Å². The summed E-state index contributed by atoms with van der Waals surface area (Å²) in [6, 6.07) is -0.199. The average molecular weight is 303 g/mol. The van der Waals surface area contributed by atoms with Crippen LogP contribution in [0.4, 0.5) is 0 Å². The first-order valence-corrected chi connectivity index (χ1v) is 7.30. The highest BCUT2D eigenvalue weighted by molar-refractivity contribution is 6.31. The van der Waals surface area contributed by atoms with Crippen molar-refractivity contribution >= 4 is 11.6 Å². The summed E-state index contributed by atoms with van der Waals surface area (Å²) in [7, 11) is 1.66. The Morgan fingerprint density at radius 1 is 1.65 bits per heavy atom. The maximum Gasteiger partial charge on any atom is 0.0930 e. The Bertz CT molecular complexity index is 432. The second kappa shape index (κ2) is 6.87. The minimum atomic E-state index is -0.374. The van der Waals surface area contributed by atoms with Crippen molar-refractivity contribution in [3.05, 3.63) is 16.9 Å². The van der Waals surface area contributed by atoms with E-state index < -0.39 is 0 Å². The number of hydrogen-bond acceptors (Lipinski definition) is 5. The third-order valence-electron chi connectivity index (χ3n) is 3.89. The molecule has 0 aromatic carbocycles. The molecule has 0 bridgehead atoms. The largest absolute Gasteiger partial charge is 0.383 e. The number of nitrogens with one attached hydrogen (secondary N) is 1. The van der Waals surface area contributed by atoms with Gasteiger partial charge < -0.3 is 9.47 Å². The van der Waals surface area contributed by atoms with Crippen LogP contribution in [0.25, 0.3) is 0 Å². The molecule has 0 amide bonds. The molecule has 0 radical (unpaired) electrons. The first-order valence-electron chi connectivity index (χ1n) is 6.92. The lowest BCUT2D eigenvalue weighted by Crippen LogP contribution is -2.49. The van der Waals surface area contributed by atoms with Crippen molar-refractivity contribution in [2.75, 3.05) is 20.3 Å². The van der Waals surface area contributed by atoms with Crippen molar-refractivity contribution in [2.45, 2.75) is 44.4 Å². The number of methoxy groups -OCH3 is 1. The molecule has 1 aliphatic rings. The van der Waals surface area contributed by atoms with E-state index in [2.05, 4.69) is 17.4 Å². The van der Waals surface area contributed by atoms with Crippen molar-refractivity contribution < 1.29 is 9.47 Å². The zero-order valence-corrected chi connectivity index (χ0v) is 12.8. The lowest BCUT2D eigenvalue weighted by molar-refractivity contribution is -0.0915. The quantitative estimate of drug-likeness (QED) is 0.617. The fourth-order valence-electron chi connectivity index (χ4n) is 2.74. The summed E-state index contributed by atoms with van der Waals surface area (Å²) in [5, 5.41) is 4.90. The smallest absolute Gasteiger partial charge is 0.0930 e. The van der Waals surface area contributed by atoms with Crippen LogP contribution in [0.3, 0.4) is 0 Å². The maximum atomic E-state index is 6.30. The van der Waals surface area contributed by atoms with E-state index in [9.17, 15) is 0 Å². The van der Waals surface area contributed by atoms with Gasteiger partial charge in [-0.05, 0) is 26.2 Å². The minimum absolute atomic E-state index is 0.199. The molecule has 6 nitrogen and oxygen atoms in total. The lowest BCUT2D eigenvalue weighted by Gasteiger charge is -2.40. The number of rotatable bonds is 6. The van der Waals surface area contributed by atoms with Gasteiger partial charge in [-0.25, -0.2) is 5.43 Å². The second-order valence-electron chi connectivity index (χ2n) is 5.31. The van der Waals surface area contributed by atoms with Crippen LogP contribution in [-0.2, 0) is 16.0 Å². The van der Waals surface area contributed by atoms with Crippen molar-refractivity contribution in [3.8, 4) is 0 Å². The number of aromatic nitrogens is 2. The number of halogens is 1. The van der Waals surface area contributed by atoms with E-state index in [1.54, 1.807) is 13.3 Å². The predicted molar refractivity (Wildman–Crippen MR) is 77.4 cm³/mol. The third-order valence-corrected chi connectivity index (χ3v) is 4.18. The van der Waals surface area contributed by atoms with Crippen molar-refractivity contribution in [1.29, 1.82) is 0 Å². The Morgan fingerprint density at radius 2 is 2.45 bits per heavy atom. The van der Waals surface area contributed by atoms with Crippen LogP contribution in [0.2, 0.25) is 5.02 Å². The van der Waals surface area contributed by atoms with E-state index in [1.807, 2.05) is 4.68 Å². The van der Waals surface area contributed by atoms with Gasteiger partial charge in [0.05, 0.1) is 41.7 Å². The van der Waals surface area contributed by atoms with Gasteiger partial charge in [-0.2, -0.15) is 5.10 Å². The highest BCUT2D eigenvalue weighted by Crippen LogP contribution is 2.38. The van der Waals surface area contributed by atoms with Gasteiger partial charge in [0.2, 0.25) is 0 Å². The van der Waals surface area contributed by atoms with Crippen LogP contribution >= 0.6 is 11.6 Å². The first kappa shape index (κ1) is 15.7. The van der Waals surface area contributed by atoms with E-state index in [0.29, 0.717) is 18.2 Å². The molecule has 1 aromatic rings. The molecule has 7 heteroatoms. The molecule has 1 fully saturated rings. The topological polar surface area (TPSA) is 74.3 Å². The zero-order valence-electron chi connectivity index (χ0n) is 12.1. The van der Waals surface area contributed by atoms with Crippen molar-refractivity contribution in [2.24, 2.45) is 5.84 Å². The summed E-state index contributed by atoms with van der Waals surface area (Å²) in [6.07, 6.45) is 4.79. The van der Waals surface area contributed by atoms with Gasteiger partial charge >= 0.3 is 0 Å². The summed E-state index contributed by atoms with van der Waals surface area (Å²) in [5.74, 6) is 5.79. The predicted octanol–water partition coefficient (Wildman–Crippen LogP) is 1.65. The van der Waals surface area contributed by atoms with Crippen LogP contribution in [0.1, 0.15) is 37.9 Å². The molecule has 1 saturated heterocycles. The number of hydrazine groups is 1. The summed E-state index contributed by atoms with van der Waals surface area (Å²) in [6.45, 7) is 4.02. The number of nitrogens with two attached hydrogens (primary N) is 1. The van der Waals surface area contributed by atoms with E-state index in [0.717, 1.165) is 31.6 Å². The van der Waals surface area contributed by atoms with Crippen molar-refractivity contribution in [1.82, 2.24) is 15.2 Å². The molecular weight excluding hydrogens is 280 g/mol. The number of ether oxygens (including phenoxy) is 2. The molecule has 2 unspecified atom stereocenters. The van der Waals surface area contributed by atoms with Crippen molar-refractivity contribution in [3.63, 3.8) is 0 Å². The molecule has 0 saturated carbocycles. The van der Waals surface area contributed by atoms with E-state index in [1.165, 1.54) is 0 Å². The standard InChI is InChI=1S/C13H23ClN4O2/c1-13(5-3-4-7-20-13)12(17-15)11-10(14)9-16-18(11)6-8-19-2/h9,12,17H,3-8,15H2,1-2H3. The molecule has 114 valence electrons. The molecule has 3 N–H and O–H groups in total. The first-order chi connectivity index (χ1) is 9.62. The van der Waals surface area contributed by atoms with E-state index >= 15 is 0 Å². The second-order valence-corrected chi connectivity index (χ2v) is 5.72. The van der Waals surface area contributed by atoms with E-state index in [-0.39, 0.29) is 11.6 Å². The van der Waals surface area contributed by atoms with Gasteiger partial charge in [-0.3, -0.25) is 10.5 Å². The zero-order chi connectivity index (χ0) is 14.6. The van der Waals surface area contributed by atoms with Gasteiger partial charge in [0.1, 0.15) is 0 Å². The molecule has 1 aliphatic heterocycles. The van der Waals surface area contributed by atoms with Gasteiger partial charge in [0, 0.05) is 13.7 Å². The maximum absolute atomic E-state index is 6.30. The lowest BCUT2D eigenvalue weighted by atomic mass is 9.86. The Morgan fingerprint density at radius 3 is 3.05 bits per heavy atom. The number of nitrogens with zero attached hydrogens (tertiary/aromatic N) is 2. The molecule has 20 heavy (non-hydrogen) atoms. The molecule has 0 spiro atoms. The monoisotopic (exact) mass is 302 g/mol. The van der Waals surface area contributed by atoms with Gasteiger partial charge in [-0.1, -0.05) is 11.6 Å². The summed E-state index contributed by atoms with van der Waals surface area (Å²) in [4.78, 5) is 0. The average Bonchev–Trinajstić information content (AvgIpc) is 2.80. The van der Waals surface area contributed by atoms with Crippen LogP contribution in [0.15, 0.2) is 6.20 Å². The highest BCUT2D eigenvalue weighted by Gasteiger charge is 2.40. The SMILES string of the molecule is COCCn1ncc(Cl)c1C(NN)C1(C)CCCCO1. The molecule has 1 aromatic heterocycles. The molecule has 2 atom stereocenters. The Balaban J connectivity index is 2.28. The van der Waals surface area contributed by atoms with Gasteiger partial charge in [0.25, 0.3) is 0 Å². The molecular formula is C13H23ClN4O2. The summed E-state index contributed by atoms with van der Waals surface area (Å²) >= 11 is 6.30. The third kappa shape index (κ3) is 3.15. The normalized spacial score (nSPS) is 24.8. The molecule has 0 aliphatic carbocycles. The summed E-state index contributed by atoms with van der Waals surface area (Å²) < 4.78 is 12.9. The fraction of sp³-hybridized carbons (Fsp3) is 0.769. The molecule has 2 rings (SSSR count). The van der Waals surface area contributed by atoms with Gasteiger partial charge in [-0.15, -0.1) is 0 Å². The van der Waals surface area contributed by atoms with Gasteiger partial charge in [0.15, 0.2) is 0 Å². The van der Waals surface area contributed by atoms with E-state index in [4.69, 9.17) is 26.9 Å². The Kier molecular flexibility index (Phi) is 5.40. The minimum Gasteiger partial charge on any atom is -0.383 e. The Hall–Kier alpha value is -0.660. The fourth-order valence-corrected chi connectivity index (χ4v) is 2.99. The van der Waals surface area contributed by atoms with Crippen LogP contribution < -0.4 is 11.3 Å². The van der Waals surface area contributed by atoms with Crippen LogP contribution in [-0.4, -0.2) is 35.7 Å². The highest BCUT2D eigenvalue weighted by atomic mass is 35.5. The van der Waals surface area contributed by atoms with Crippen LogP contribution in [0.5, 0.6) is 0 Å².